The summed E-state index contributed by atoms with van der Waals surface area (Å²) >= 11 is 1.98. The van der Waals surface area contributed by atoms with E-state index < -0.39 is 58.5 Å². The first kappa shape index (κ1) is 73.7. The molecule has 4 aliphatic heterocycles. The van der Waals surface area contributed by atoms with E-state index in [1.54, 1.807) is 12.1 Å². The Balaban J connectivity index is 0.000000172. The zero-order valence-corrected chi connectivity index (χ0v) is 59.7. The first-order chi connectivity index (χ1) is 46.1. The molecule has 2 aromatic carbocycles. The van der Waals surface area contributed by atoms with Gasteiger partial charge in [0.15, 0.2) is 23.0 Å². The molecule has 95 heavy (non-hydrogen) atoms. The van der Waals surface area contributed by atoms with Gasteiger partial charge in [0.05, 0.1) is 24.4 Å². The lowest BCUT2D eigenvalue weighted by Crippen LogP contribution is -2.80. The molecule has 12 rings (SSSR count). The number of carbonyl (C=O) groups is 4. The number of ketones is 2. The number of hydrogen-bond donors (Lipinski definition) is 5. The average Bonchev–Trinajstić information content (AvgIpc) is 1.62. The second kappa shape index (κ2) is 33.9. The van der Waals surface area contributed by atoms with Crippen molar-refractivity contribution in [2.75, 3.05) is 50.8 Å². The molecular weight excluding hydrogens is 1320 g/mol. The molecule has 18 nitrogen and oxygen atoms in total. The Kier molecular flexibility index (Phi) is 26.3. The maximum absolute atomic E-state index is 13.3. The number of unbranched alkanes of at least 4 members (excludes halogenated alkanes) is 26. The number of phenolic OH excluding ortho intramolecular Hbond substituents is 1. The van der Waals surface area contributed by atoms with Crippen LogP contribution in [0.15, 0.2) is 24.3 Å². The number of piperidine rings is 2. The molecule has 5 N–H and O–H groups in total. The summed E-state index contributed by atoms with van der Waals surface area (Å²) in [5.74, 6) is -3.02. The molecule has 19 heteroatoms. The second-order valence-electron chi connectivity index (χ2n) is 29.7. The SMILES string of the molecule is CCCCCCCCCCCCCCCCOC(=O)OCI.CCCCCCCCCCCCCCCCOC(=O)OCOc1ccc2c3c1O[C@@]1(O)C(=O)CC[C@@]4(O)C(C2)N(CC2CC2)CC[C@]314.O=C1CC[C@@]2(O)C3Cc4ccc(O)c5c4[C@@]2(CCN3CC2CC2)[C@@]1(O)O5. The van der Waals surface area contributed by atoms with Crippen LogP contribution in [0.25, 0.3) is 0 Å². The Bertz CT molecular complexity index is 2870. The van der Waals surface area contributed by atoms with Gasteiger partial charge in [0.25, 0.3) is 11.6 Å². The molecular formula is C76H115IN2O16. The largest absolute Gasteiger partial charge is 0.511 e. The van der Waals surface area contributed by atoms with Crippen molar-refractivity contribution in [1.82, 2.24) is 9.80 Å². The fraction of sp³-hybridized carbons (Fsp3) is 0.789. The summed E-state index contributed by atoms with van der Waals surface area (Å²) in [5, 5.41) is 58.1. The second-order valence-corrected chi connectivity index (χ2v) is 30.4. The van der Waals surface area contributed by atoms with E-state index >= 15 is 0 Å². The van der Waals surface area contributed by atoms with Gasteiger partial charge in [0, 0.05) is 49.1 Å². The lowest BCUT2D eigenvalue weighted by atomic mass is 9.47. The van der Waals surface area contributed by atoms with Crippen LogP contribution in [0.4, 0.5) is 9.59 Å². The quantitative estimate of drug-likeness (QED) is 0.0138. The summed E-state index contributed by atoms with van der Waals surface area (Å²) in [6, 6.07) is 6.78. The first-order valence-corrected chi connectivity index (χ1v) is 39.2. The van der Waals surface area contributed by atoms with Crippen molar-refractivity contribution in [2.24, 2.45) is 11.8 Å². The van der Waals surface area contributed by atoms with E-state index in [-0.39, 0.29) is 53.7 Å². The van der Waals surface area contributed by atoms with E-state index in [0.717, 1.165) is 62.9 Å². The topological polar surface area (TPSA) is 241 Å². The van der Waals surface area contributed by atoms with Gasteiger partial charge in [-0.05, 0) is 148 Å². The van der Waals surface area contributed by atoms with Gasteiger partial charge >= 0.3 is 12.3 Å². The minimum Gasteiger partial charge on any atom is -0.504 e. The van der Waals surface area contributed by atoms with E-state index in [1.807, 2.05) is 34.7 Å². The van der Waals surface area contributed by atoms with Crippen molar-refractivity contribution in [3.63, 3.8) is 0 Å². The predicted molar refractivity (Wildman–Crippen MR) is 370 cm³/mol. The third-order valence-electron chi connectivity index (χ3n) is 23.4. The number of ether oxygens (including phenoxy) is 7. The zero-order chi connectivity index (χ0) is 67.1. The maximum atomic E-state index is 13.3. The van der Waals surface area contributed by atoms with Crippen molar-refractivity contribution in [3.05, 3.63) is 46.5 Å². The molecule has 2 aromatic rings. The highest BCUT2D eigenvalue weighted by atomic mass is 127. The number of aromatic hydroxyl groups is 1. The van der Waals surface area contributed by atoms with Gasteiger partial charge in [-0.3, -0.25) is 19.4 Å². The molecule has 6 fully saturated rings. The number of phenols is 1. The van der Waals surface area contributed by atoms with Crippen LogP contribution in [0.5, 0.6) is 23.0 Å². The molecule has 0 amide bonds. The number of nitrogens with zero attached hydrogens (tertiary/aromatic N) is 2. The number of hydrogen-bond acceptors (Lipinski definition) is 18. The monoisotopic (exact) mass is 1440 g/mol. The van der Waals surface area contributed by atoms with Gasteiger partial charge in [0.2, 0.25) is 18.4 Å². The number of rotatable bonds is 38. The van der Waals surface area contributed by atoms with Crippen LogP contribution in [0.3, 0.4) is 0 Å². The fourth-order valence-electron chi connectivity index (χ4n) is 18.0. The molecule has 2 unspecified atom stereocenters. The smallest absolute Gasteiger partial charge is 0.504 e. The number of benzene rings is 2. The van der Waals surface area contributed by atoms with Crippen molar-refractivity contribution < 1.29 is 77.9 Å². The lowest BCUT2D eigenvalue weighted by molar-refractivity contribution is -0.267. The van der Waals surface area contributed by atoms with Crippen molar-refractivity contribution in [1.29, 1.82) is 0 Å². The van der Waals surface area contributed by atoms with Crippen LogP contribution in [0.1, 0.15) is 280 Å². The minimum atomic E-state index is -2.16. The highest BCUT2D eigenvalue weighted by Gasteiger charge is 2.81. The van der Waals surface area contributed by atoms with Gasteiger partial charge in [-0.2, -0.15) is 0 Å². The highest BCUT2D eigenvalue weighted by Crippen LogP contribution is 2.70. The Morgan fingerprint density at radius 2 is 0.884 bits per heavy atom. The number of carbonyl (C=O) groups excluding carboxylic acids is 4. The van der Waals surface area contributed by atoms with E-state index in [4.69, 9.17) is 28.4 Å². The summed E-state index contributed by atoms with van der Waals surface area (Å²) < 4.78 is 38.2. The van der Waals surface area contributed by atoms with Gasteiger partial charge in [-0.25, -0.2) is 9.59 Å². The van der Waals surface area contributed by atoms with Crippen LogP contribution in [-0.4, -0.2) is 145 Å². The molecule has 6 aliphatic carbocycles. The van der Waals surface area contributed by atoms with E-state index in [0.29, 0.717) is 85.9 Å². The van der Waals surface area contributed by atoms with Crippen molar-refractivity contribution >= 4 is 46.5 Å². The Labute approximate surface area is 579 Å². The normalized spacial score (nSPS) is 28.6. The van der Waals surface area contributed by atoms with Crippen molar-refractivity contribution in [3.8, 4) is 23.0 Å². The average molecular weight is 1440 g/mol. The summed E-state index contributed by atoms with van der Waals surface area (Å²) in [6.45, 7) is 8.24. The first-order valence-electron chi connectivity index (χ1n) is 37.7. The number of alkyl halides is 1. The van der Waals surface area contributed by atoms with Gasteiger partial charge in [-0.15, -0.1) is 0 Å². The molecule has 4 heterocycles. The lowest BCUT2D eigenvalue weighted by Gasteiger charge is -2.64. The minimum absolute atomic E-state index is 0.0519. The van der Waals surface area contributed by atoms with Crippen LogP contribution in [0.2, 0.25) is 0 Å². The third-order valence-corrected chi connectivity index (χ3v) is 23.7. The molecule has 2 saturated heterocycles. The van der Waals surface area contributed by atoms with Gasteiger partial charge in [-0.1, -0.05) is 193 Å². The van der Waals surface area contributed by atoms with Gasteiger partial charge < -0.3 is 58.7 Å². The van der Waals surface area contributed by atoms with E-state index in [2.05, 4.69) is 28.4 Å². The number of halogens is 1. The zero-order valence-electron chi connectivity index (χ0n) is 57.6. The number of Topliss-reactive ketones (excluding diaryl/α,β-unsaturated/α-hetero) is 2. The fourth-order valence-corrected chi connectivity index (χ4v) is 18.2. The molecule has 2 spiro atoms. The molecule has 0 aromatic heterocycles. The Morgan fingerprint density at radius 3 is 1.29 bits per heavy atom. The summed E-state index contributed by atoms with van der Waals surface area (Å²) in [6.07, 6.45) is 42.9. The predicted octanol–water partition coefficient (Wildman–Crippen LogP) is 15.0. The Morgan fingerprint density at radius 1 is 0.505 bits per heavy atom. The molecule has 4 bridgehead atoms. The van der Waals surface area contributed by atoms with Crippen LogP contribution in [0, 0.1) is 11.8 Å². The summed E-state index contributed by atoms with van der Waals surface area (Å²) in [4.78, 5) is 54.0. The van der Waals surface area contributed by atoms with Crippen LogP contribution in [-0.2, 0) is 52.2 Å². The Hall–Kier alpha value is -3.99. The summed E-state index contributed by atoms with van der Waals surface area (Å²) in [7, 11) is 0. The van der Waals surface area contributed by atoms with E-state index in [9.17, 15) is 44.7 Å². The standard InChI is InChI=1S/C38H57NO8.C20H23NO5.C18H35IO3/c1-2-3-4-5-6-7-8-9-10-11-12-13-14-15-24-44-35(41)46-27-45-30-19-18-29-25-31-37(42)21-20-32(40)38(43)36(37,33(29)34(30)47-38)22-23-39(31)26-28-16-17-28;22-13-4-3-12-9-14-19(24)6-5-15(23)20(25)18(19,16(12)17(13)26-20)7-8-21(14)10-11-1-2-11;1-2-3-4-5-6-7-8-9-10-11-12-13-14-15-16-21-18(20)22-17-19/h18-19,28,31,42-43H,2-17,20-27H2,1H3;3-4,11,14,22,24-25H,1-2,5-10H2;2-17H2,1H3/t31?,36-,37-,38+;14?,18-,19-,20+;/m11./s1. The van der Waals surface area contributed by atoms with Crippen molar-refractivity contribution in [2.45, 2.75) is 316 Å². The van der Waals surface area contributed by atoms with Gasteiger partial charge in [0.1, 0.15) is 15.4 Å². The molecule has 4 saturated carbocycles. The molecule has 10 aliphatic rings. The van der Waals surface area contributed by atoms with Crippen LogP contribution >= 0.6 is 22.6 Å². The summed E-state index contributed by atoms with van der Waals surface area (Å²) in [5.41, 5.74) is -1.69. The number of likely N-dealkylation sites (tertiary alicyclic amines) is 2. The van der Waals surface area contributed by atoms with E-state index in [1.165, 1.54) is 173 Å². The number of aliphatic hydroxyl groups is 4. The third kappa shape index (κ3) is 16.0. The van der Waals surface area contributed by atoms with Crippen LogP contribution < -0.4 is 14.2 Å². The maximum Gasteiger partial charge on any atom is 0.511 e. The molecule has 0 radical (unpaired) electrons. The highest BCUT2D eigenvalue weighted by molar-refractivity contribution is 14.1. The molecule has 532 valence electrons. The molecule has 8 atom stereocenters.